The molecule has 1 heterocycles. The molecule has 4 nitrogen and oxygen atoms in total. The number of aryl methyl sites for hydroxylation is 1. The van der Waals surface area contributed by atoms with E-state index < -0.39 is 11.7 Å². The highest BCUT2D eigenvalue weighted by molar-refractivity contribution is 6.04. The number of fused-ring (bicyclic) bond motifs is 1. The topological polar surface area (TPSA) is 54.0 Å². The van der Waals surface area contributed by atoms with Gasteiger partial charge in [0.25, 0.3) is 0 Å². The quantitative estimate of drug-likeness (QED) is 0.495. The molecular weight excluding hydrogens is 391 g/mol. The van der Waals surface area contributed by atoms with Crippen LogP contribution in [0, 0.1) is 0 Å². The Morgan fingerprint density at radius 1 is 1.10 bits per heavy atom. The van der Waals surface area contributed by atoms with Gasteiger partial charge in [-0.3, -0.25) is 9.78 Å². The Kier molecular flexibility index (Phi) is 6.40. The Labute approximate surface area is 172 Å². The van der Waals surface area contributed by atoms with Gasteiger partial charge in [-0.1, -0.05) is 25.5 Å². The standard InChI is InChI=1S/C23H22F3N3O/c1-3-4-17-14-21(27-2)19-13-18(10-11-20(19)28-17)29-22(30)12-7-15-5-8-16(9-6-15)23(24,25)26/h5-14H,3-4H2,1-2H3,(H,27,28)(H,29,30). The summed E-state index contributed by atoms with van der Waals surface area (Å²) in [5, 5.41) is 6.82. The molecule has 3 rings (SSSR count). The summed E-state index contributed by atoms with van der Waals surface area (Å²) in [7, 11) is 1.84. The molecule has 0 bridgehead atoms. The molecule has 0 radical (unpaired) electrons. The Morgan fingerprint density at radius 2 is 1.83 bits per heavy atom. The molecule has 1 amide bonds. The van der Waals surface area contributed by atoms with Gasteiger partial charge < -0.3 is 10.6 Å². The van der Waals surface area contributed by atoms with Crippen LogP contribution in [-0.2, 0) is 17.4 Å². The minimum absolute atomic E-state index is 0.379. The Bertz CT molecular complexity index is 1070. The summed E-state index contributed by atoms with van der Waals surface area (Å²) in [5.41, 5.74) is 3.15. The number of benzene rings is 2. The largest absolute Gasteiger partial charge is 0.416 e. The van der Waals surface area contributed by atoms with Crippen molar-refractivity contribution in [2.24, 2.45) is 0 Å². The Balaban J connectivity index is 1.74. The van der Waals surface area contributed by atoms with Crippen molar-refractivity contribution >= 4 is 34.3 Å². The van der Waals surface area contributed by atoms with Crippen LogP contribution in [0.25, 0.3) is 17.0 Å². The van der Waals surface area contributed by atoms with Crippen molar-refractivity contribution in [3.8, 4) is 0 Å². The lowest BCUT2D eigenvalue weighted by Crippen LogP contribution is -2.08. The molecular formula is C23H22F3N3O. The van der Waals surface area contributed by atoms with E-state index in [9.17, 15) is 18.0 Å². The number of carbonyl (C=O) groups is 1. The molecule has 0 saturated heterocycles. The molecule has 0 aliphatic carbocycles. The molecule has 2 N–H and O–H groups in total. The molecule has 0 fully saturated rings. The van der Waals surface area contributed by atoms with Gasteiger partial charge >= 0.3 is 6.18 Å². The fourth-order valence-electron chi connectivity index (χ4n) is 3.09. The van der Waals surface area contributed by atoms with Gasteiger partial charge in [0.15, 0.2) is 0 Å². The van der Waals surface area contributed by atoms with Gasteiger partial charge in [0.2, 0.25) is 5.91 Å². The van der Waals surface area contributed by atoms with Gasteiger partial charge in [-0.05, 0) is 54.5 Å². The van der Waals surface area contributed by atoms with Gasteiger partial charge in [-0.2, -0.15) is 13.2 Å². The van der Waals surface area contributed by atoms with E-state index in [1.807, 2.05) is 25.2 Å². The third-order valence-corrected chi connectivity index (χ3v) is 4.57. The second-order valence-electron chi connectivity index (χ2n) is 6.84. The van der Waals surface area contributed by atoms with E-state index in [1.54, 1.807) is 6.07 Å². The number of halogens is 3. The number of nitrogens with zero attached hydrogens (tertiary/aromatic N) is 1. The highest BCUT2D eigenvalue weighted by Crippen LogP contribution is 2.29. The van der Waals surface area contributed by atoms with Crippen molar-refractivity contribution in [3.05, 3.63) is 71.4 Å². The van der Waals surface area contributed by atoms with Crippen molar-refractivity contribution in [2.75, 3.05) is 17.7 Å². The van der Waals surface area contributed by atoms with Crippen LogP contribution >= 0.6 is 0 Å². The molecule has 3 aromatic rings. The Hall–Kier alpha value is -3.35. The van der Waals surface area contributed by atoms with Crippen molar-refractivity contribution < 1.29 is 18.0 Å². The first kappa shape index (κ1) is 21.4. The number of pyridine rings is 1. The molecule has 156 valence electrons. The second-order valence-corrected chi connectivity index (χ2v) is 6.84. The number of hydrogen-bond donors (Lipinski definition) is 2. The van der Waals surface area contributed by atoms with E-state index >= 15 is 0 Å². The van der Waals surface area contributed by atoms with Crippen molar-refractivity contribution in [3.63, 3.8) is 0 Å². The van der Waals surface area contributed by atoms with Crippen molar-refractivity contribution in [1.82, 2.24) is 4.98 Å². The van der Waals surface area contributed by atoms with E-state index in [2.05, 4.69) is 22.5 Å². The number of alkyl halides is 3. The lowest BCUT2D eigenvalue weighted by atomic mass is 10.1. The number of hydrogen-bond acceptors (Lipinski definition) is 3. The molecule has 0 spiro atoms. The van der Waals surface area contributed by atoms with E-state index in [4.69, 9.17) is 0 Å². The number of carbonyl (C=O) groups excluding carboxylic acids is 1. The normalized spacial score (nSPS) is 11.8. The van der Waals surface area contributed by atoms with Crippen LogP contribution in [0.1, 0.15) is 30.2 Å². The summed E-state index contributed by atoms with van der Waals surface area (Å²) in [6.45, 7) is 2.10. The summed E-state index contributed by atoms with van der Waals surface area (Å²) < 4.78 is 37.8. The predicted molar refractivity (Wildman–Crippen MR) is 114 cm³/mol. The zero-order valence-electron chi connectivity index (χ0n) is 16.7. The molecule has 0 atom stereocenters. The number of aromatic nitrogens is 1. The molecule has 2 aromatic carbocycles. The SMILES string of the molecule is CCCc1cc(NC)c2cc(NC(=O)C=Cc3ccc(C(F)(F)F)cc3)ccc2n1. The van der Waals surface area contributed by atoms with Gasteiger partial charge in [0.05, 0.1) is 11.1 Å². The fraction of sp³-hybridized carbons (Fsp3) is 0.217. The Morgan fingerprint density at radius 3 is 2.47 bits per heavy atom. The van der Waals surface area contributed by atoms with Crippen LogP contribution in [0.5, 0.6) is 0 Å². The van der Waals surface area contributed by atoms with Crippen LogP contribution in [0.2, 0.25) is 0 Å². The summed E-state index contributed by atoms with van der Waals surface area (Å²) in [4.78, 5) is 16.9. The van der Waals surface area contributed by atoms with Gasteiger partial charge in [-0.25, -0.2) is 0 Å². The number of anilines is 2. The zero-order valence-corrected chi connectivity index (χ0v) is 16.7. The van der Waals surface area contributed by atoms with Crippen LogP contribution < -0.4 is 10.6 Å². The van der Waals surface area contributed by atoms with Gasteiger partial charge in [0.1, 0.15) is 0 Å². The fourth-order valence-corrected chi connectivity index (χ4v) is 3.09. The second kappa shape index (κ2) is 8.98. The first-order valence-corrected chi connectivity index (χ1v) is 9.58. The van der Waals surface area contributed by atoms with E-state index in [1.165, 1.54) is 24.3 Å². The number of rotatable bonds is 6. The van der Waals surface area contributed by atoms with Crippen LogP contribution in [0.4, 0.5) is 24.5 Å². The third-order valence-electron chi connectivity index (χ3n) is 4.57. The maximum absolute atomic E-state index is 12.6. The molecule has 0 aliphatic heterocycles. The maximum Gasteiger partial charge on any atom is 0.416 e. The smallest absolute Gasteiger partial charge is 0.388 e. The number of nitrogens with one attached hydrogen (secondary N) is 2. The predicted octanol–water partition coefficient (Wildman–Crippen LogP) is 5.90. The van der Waals surface area contributed by atoms with E-state index in [0.717, 1.165) is 47.3 Å². The van der Waals surface area contributed by atoms with E-state index in [-0.39, 0.29) is 5.91 Å². The first-order chi connectivity index (χ1) is 14.3. The molecule has 0 saturated carbocycles. The molecule has 30 heavy (non-hydrogen) atoms. The van der Waals surface area contributed by atoms with Gasteiger partial charge in [-0.15, -0.1) is 0 Å². The summed E-state index contributed by atoms with van der Waals surface area (Å²) in [6.07, 6.45) is 0.259. The van der Waals surface area contributed by atoms with Crippen LogP contribution in [-0.4, -0.2) is 17.9 Å². The molecule has 0 aliphatic rings. The average molecular weight is 413 g/mol. The summed E-state index contributed by atoms with van der Waals surface area (Å²) >= 11 is 0. The lowest BCUT2D eigenvalue weighted by Gasteiger charge is -2.11. The summed E-state index contributed by atoms with van der Waals surface area (Å²) in [5.74, 6) is -0.379. The monoisotopic (exact) mass is 413 g/mol. The average Bonchev–Trinajstić information content (AvgIpc) is 2.72. The third kappa shape index (κ3) is 5.17. The molecule has 0 unspecified atom stereocenters. The van der Waals surface area contributed by atoms with Crippen molar-refractivity contribution in [1.29, 1.82) is 0 Å². The number of amides is 1. The summed E-state index contributed by atoms with van der Waals surface area (Å²) in [6, 6.07) is 12.1. The maximum atomic E-state index is 12.6. The van der Waals surface area contributed by atoms with Gasteiger partial charge in [0, 0.05) is 35.6 Å². The van der Waals surface area contributed by atoms with Crippen LogP contribution in [0.15, 0.2) is 54.6 Å². The minimum Gasteiger partial charge on any atom is -0.388 e. The van der Waals surface area contributed by atoms with Crippen molar-refractivity contribution in [2.45, 2.75) is 25.9 Å². The zero-order chi connectivity index (χ0) is 21.7. The molecule has 1 aromatic heterocycles. The lowest BCUT2D eigenvalue weighted by molar-refractivity contribution is -0.137. The highest BCUT2D eigenvalue weighted by atomic mass is 19.4. The van der Waals surface area contributed by atoms with Crippen LogP contribution in [0.3, 0.4) is 0 Å². The molecule has 7 heteroatoms. The van der Waals surface area contributed by atoms with E-state index in [0.29, 0.717) is 11.3 Å². The highest BCUT2D eigenvalue weighted by Gasteiger charge is 2.29. The minimum atomic E-state index is -4.38. The first-order valence-electron chi connectivity index (χ1n) is 9.58.